The van der Waals surface area contributed by atoms with E-state index in [-0.39, 0.29) is 24.0 Å². The van der Waals surface area contributed by atoms with Crippen molar-refractivity contribution >= 4 is 0 Å². The van der Waals surface area contributed by atoms with Crippen molar-refractivity contribution < 1.29 is 18.3 Å². The maximum atomic E-state index is 13.3. The number of aliphatic hydroxyl groups is 1. The molecule has 0 aliphatic carbocycles. The molecule has 0 fully saturated rings. The van der Waals surface area contributed by atoms with Crippen LogP contribution in [0.2, 0.25) is 0 Å². The highest BCUT2D eigenvalue weighted by Gasteiger charge is 2.43. The lowest BCUT2D eigenvalue weighted by Crippen LogP contribution is -2.47. The van der Waals surface area contributed by atoms with Crippen molar-refractivity contribution in [1.82, 2.24) is 5.32 Å². The molecule has 1 aromatic carbocycles. The van der Waals surface area contributed by atoms with Crippen molar-refractivity contribution in [3.8, 4) is 0 Å². The van der Waals surface area contributed by atoms with Crippen LogP contribution in [0.25, 0.3) is 0 Å². The van der Waals surface area contributed by atoms with Crippen LogP contribution in [-0.4, -0.2) is 23.9 Å². The van der Waals surface area contributed by atoms with Crippen molar-refractivity contribution in [3.63, 3.8) is 0 Å². The minimum atomic E-state index is -4.37. The van der Waals surface area contributed by atoms with Crippen LogP contribution in [0.5, 0.6) is 0 Å². The number of nitrogens with one attached hydrogen (secondary N) is 1. The monoisotopic (exact) mass is 289 g/mol. The van der Waals surface area contributed by atoms with Crippen molar-refractivity contribution in [1.29, 1.82) is 0 Å². The Labute approximate surface area is 118 Å². The average molecular weight is 289 g/mol. The number of benzene rings is 1. The van der Waals surface area contributed by atoms with Crippen LogP contribution in [0.4, 0.5) is 13.2 Å². The van der Waals surface area contributed by atoms with E-state index in [4.69, 9.17) is 5.11 Å². The van der Waals surface area contributed by atoms with Gasteiger partial charge >= 0.3 is 6.18 Å². The molecule has 1 rings (SSSR count). The summed E-state index contributed by atoms with van der Waals surface area (Å²) in [6, 6.07) is 5.64. The fourth-order valence-electron chi connectivity index (χ4n) is 2.12. The molecule has 0 spiro atoms. The highest BCUT2D eigenvalue weighted by Crippen LogP contribution is 2.35. The Morgan fingerprint density at radius 3 is 2.05 bits per heavy atom. The maximum absolute atomic E-state index is 13.3. The van der Waals surface area contributed by atoms with Gasteiger partial charge in [-0.1, -0.05) is 51.1 Å². The second-order valence-electron chi connectivity index (χ2n) is 5.98. The molecule has 0 amide bonds. The Balaban J connectivity index is 3.01. The molecular formula is C15H22F3NO. The third kappa shape index (κ3) is 4.80. The summed E-state index contributed by atoms with van der Waals surface area (Å²) >= 11 is 0. The van der Waals surface area contributed by atoms with E-state index in [2.05, 4.69) is 5.32 Å². The first-order valence-electron chi connectivity index (χ1n) is 6.65. The van der Waals surface area contributed by atoms with E-state index in [0.29, 0.717) is 0 Å². The summed E-state index contributed by atoms with van der Waals surface area (Å²) in [5, 5.41) is 11.7. The molecule has 0 radical (unpaired) electrons. The van der Waals surface area contributed by atoms with E-state index in [9.17, 15) is 13.2 Å². The first kappa shape index (κ1) is 17.0. The Kier molecular flexibility index (Phi) is 5.59. The summed E-state index contributed by atoms with van der Waals surface area (Å²) in [5.41, 5.74) is -0.187. The van der Waals surface area contributed by atoms with Gasteiger partial charge in [0.05, 0.1) is 0 Å². The molecule has 0 aromatic heterocycles. The molecule has 2 atom stereocenters. The van der Waals surface area contributed by atoms with Crippen molar-refractivity contribution in [2.45, 2.75) is 45.5 Å². The molecule has 5 heteroatoms. The summed E-state index contributed by atoms with van der Waals surface area (Å²) in [7, 11) is 0. The van der Waals surface area contributed by atoms with Gasteiger partial charge in [0, 0.05) is 12.6 Å². The fourth-order valence-corrected chi connectivity index (χ4v) is 2.12. The van der Waals surface area contributed by atoms with E-state index < -0.39 is 18.3 Å². The molecule has 20 heavy (non-hydrogen) atoms. The smallest absolute Gasteiger partial charge is 0.396 e. The zero-order chi connectivity index (χ0) is 15.4. The summed E-state index contributed by atoms with van der Waals surface area (Å²) in [4.78, 5) is 0. The number of aliphatic hydroxyl groups excluding tert-OH is 1. The normalized spacial score (nSPS) is 15.9. The highest BCUT2D eigenvalue weighted by atomic mass is 19.4. The van der Waals surface area contributed by atoms with Crippen LogP contribution in [0.15, 0.2) is 30.3 Å². The van der Waals surface area contributed by atoms with Crippen LogP contribution < -0.4 is 5.32 Å². The van der Waals surface area contributed by atoms with Gasteiger partial charge < -0.3 is 5.11 Å². The molecule has 0 saturated carbocycles. The SMILES string of the molecule is CC(C)(C)C(CCO)NC(c1ccccc1)C(F)(F)F. The number of hydrogen-bond donors (Lipinski definition) is 2. The predicted octanol–water partition coefficient (Wildman–Crippen LogP) is 3.68. The van der Waals surface area contributed by atoms with Gasteiger partial charge in [0.1, 0.15) is 6.04 Å². The van der Waals surface area contributed by atoms with Gasteiger partial charge in [0.15, 0.2) is 0 Å². The van der Waals surface area contributed by atoms with Gasteiger partial charge in [0.2, 0.25) is 0 Å². The van der Waals surface area contributed by atoms with Gasteiger partial charge in [-0.05, 0) is 17.4 Å². The Hall–Kier alpha value is -1.07. The molecule has 114 valence electrons. The van der Waals surface area contributed by atoms with E-state index in [1.54, 1.807) is 18.2 Å². The summed E-state index contributed by atoms with van der Waals surface area (Å²) in [6.07, 6.45) is -4.09. The van der Waals surface area contributed by atoms with Crippen LogP contribution in [-0.2, 0) is 0 Å². The largest absolute Gasteiger partial charge is 0.407 e. The number of rotatable bonds is 5. The van der Waals surface area contributed by atoms with Gasteiger partial charge in [0.25, 0.3) is 0 Å². The fraction of sp³-hybridized carbons (Fsp3) is 0.600. The van der Waals surface area contributed by atoms with E-state index in [1.165, 1.54) is 12.1 Å². The minimum absolute atomic E-state index is 0.145. The second kappa shape index (κ2) is 6.59. The predicted molar refractivity (Wildman–Crippen MR) is 73.3 cm³/mol. The van der Waals surface area contributed by atoms with Gasteiger partial charge in [-0.25, -0.2) is 0 Å². The topological polar surface area (TPSA) is 32.3 Å². The Morgan fingerprint density at radius 2 is 1.65 bits per heavy atom. The zero-order valence-electron chi connectivity index (χ0n) is 12.0. The molecule has 2 N–H and O–H groups in total. The zero-order valence-corrected chi connectivity index (χ0v) is 12.0. The maximum Gasteiger partial charge on any atom is 0.407 e. The number of hydrogen-bond acceptors (Lipinski definition) is 2. The molecular weight excluding hydrogens is 267 g/mol. The highest BCUT2D eigenvalue weighted by molar-refractivity contribution is 5.20. The molecule has 2 nitrogen and oxygen atoms in total. The standard InChI is InChI=1S/C15H22F3NO/c1-14(2,3)12(9-10-20)19-13(15(16,17)18)11-7-5-4-6-8-11/h4-8,12-13,19-20H,9-10H2,1-3H3. The van der Waals surface area contributed by atoms with E-state index >= 15 is 0 Å². The lowest BCUT2D eigenvalue weighted by molar-refractivity contribution is -0.161. The van der Waals surface area contributed by atoms with Gasteiger partial charge in [-0.15, -0.1) is 0 Å². The van der Waals surface area contributed by atoms with Crippen LogP contribution in [0.3, 0.4) is 0 Å². The molecule has 1 aromatic rings. The third-order valence-electron chi connectivity index (χ3n) is 3.29. The quantitative estimate of drug-likeness (QED) is 0.866. The number of alkyl halides is 3. The Morgan fingerprint density at radius 1 is 1.10 bits per heavy atom. The van der Waals surface area contributed by atoms with E-state index in [0.717, 1.165) is 0 Å². The summed E-state index contributed by atoms with van der Waals surface area (Å²) < 4.78 is 39.8. The van der Waals surface area contributed by atoms with Crippen molar-refractivity contribution in [3.05, 3.63) is 35.9 Å². The molecule has 0 aliphatic heterocycles. The van der Waals surface area contributed by atoms with Gasteiger partial charge in [-0.3, -0.25) is 5.32 Å². The summed E-state index contributed by atoms with van der Waals surface area (Å²) in [5.74, 6) is 0. The van der Waals surface area contributed by atoms with Crippen molar-refractivity contribution in [2.75, 3.05) is 6.61 Å². The number of halogens is 3. The first-order chi connectivity index (χ1) is 9.16. The Bertz CT molecular complexity index is 398. The lowest BCUT2D eigenvalue weighted by Gasteiger charge is -2.35. The molecule has 0 bridgehead atoms. The van der Waals surface area contributed by atoms with Crippen molar-refractivity contribution in [2.24, 2.45) is 5.41 Å². The molecule has 0 saturated heterocycles. The summed E-state index contributed by atoms with van der Waals surface area (Å²) in [6.45, 7) is 5.44. The molecule has 0 heterocycles. The van der Waals surface area contributed by atoms with Gasteiger partial charge in [-0.2, -0.15) is 13.2 Å². The molecule has 0 aliphatic rings. The van der Waals surface area contributed by atoms with Crippen LogP contribution in [0, 0.1) is 5.41 Å². The second-order valence-corrected chi connectivity index (χ2v) is 5.98. The lowest BCUT2D eigenvalue weighted by atomic mass is 9.84. The first-order valence-corrected chi connectivity index (χ1v) is 6.65. The van der Waals surface area contributed by atoms with Crippen LogP contribution >= 0.6 is 0 Å². The third-order valence-corrected chi connectivity index (χ3v) is 3.29. The van der Waals surface area contributed by atoms with Crippen LogP contribution in [0.1, 0.15) is 38.8 Å². The molecule has 2 unspecified atom stereocenters. The average Bonchev–Trinajstić information content (AvgIpc) is 2.32. The van der Waals surface area contributed by atoms with E-state index in [1.807, 2.05) is 20.8 Å². The minimum Gasteiger partial charge on any atom is -0.396 e.